The van der Waals surface area contributed by atoms with E-state index in [9.17, 15) is 0 Å². The van der Waals surface area contributed by atoms with Gasteiger partial charge < -0.3 is 9.30 Å². The number of halogens is 1. The monoisotopic (exact) mass is 278 g/mol. The molecule has 1 heterocycles. The lowest BCUT2D eigenvalue weighted by Crippen LogP contribution is -2.19. The predicted molar refractivity (Wildman–Crippen MR) is 78.1 cm³/mol. The normalized spacial score (nSPS) is 15.7. The fourth-order valence-electron chi connectivity index (χ4n) is 2.69. The summed E-state index contributed by atoms with van der Waals surface area (Å²) in [6.07, 6.45) is 4.87. The lowest BCUT2D eigenvalue weighted by molar-refractivity contribution is 0.277. The fourth-order valence-corrected chi connectivity index (χ4v) is 2.86. The van der Waals surface area contributed by atoms with Gasteiger partial charge >= 0.3 is 0 Å². The van der Waals surface area contributed by atoms with Gasteiger partial charge in [0.1, 0.15) is 11.6 Å². The molecule has 102 valence electrons. The highest BCUT2D eigenvalue weighted by molar-refractivity contribution is 6.17. The summed E-state index contributed by atoms with van der Waals surface area (Å²) in [6, 6.07) is 6.08. The van der Waals surface area contributed by atoms with E-state index >= 15 is 0 Å². The summed E-state index contributed by atoms with van der Waals surface area (Å²) in [7, 11) is 1.70. The highest BCUT2D eigenvalue weighted by Crippen LogP contribution is 2.31. The molecule has 2 aromatic rings. The maximum atomic E-state index is 5.90. The number of aromatic nitrogens is 2. The molecule has 0 spiro atoms. The first-order valence-corrected chi connectivity index (χ1v) is 7.44. The van der Waals surface area contributed by atoms with Crippen LogP contribution in [0.4, 0.5) is 0 Å². The van der Waals surface area contributed by atoms with Gasteiger partial charge in [0, 0.05) is 24.9 Å². The van der Waals surface area contributed by atoms with Crippen LogP contribution in [0, 0.1) is 5.92 Å². The minimum atomic E-state index is 0.616. The lowest BCUT2D eigenvalue weighted by atomic mass is 9.85. The second-order valence-corrected chi connectivity index (χ2v) is 5.61. The average molecular weight is 279 g/mol. The van der Waals surface area contributed by atoms with Gasteiger partial charge in [-0.2, -0.15) is 0 Å². The van der Waals surface area contributed by atoms with Crippen molar-refractivity contribution < 1.29 is 4.74 Å². The molecule has 0 amide bonds. The number of benzene rings is 1. The Hall–Kier alpha value is -1.22. The molecule has 0 bridgehead atoms. The average Bonchev–Trinajstić information content (AvgIpc) is 2.71. The van der Waals surface area contributed by atoms with E-state index in [4.69, 9.17) is 21.3 Å². The molecule has 1 saturated carbocycles. The van der Waals surface area contributed by atoms with Gasteiger partial charge in [-0.05, 0) is 30.9 Å². The molecule has 3 nitrogen and oxygen atoms in total. The molecule has 3 rings (SSSR count). The van der Waals surface area contributed by atoms with Crippen LogP contribution in [0.5, 0.6) is 5.75 Å². The molecule has 0 atom stereocenters. The number of methoxy groups -OCH3 is 1. The maximum absolute atomic E-state index is 5.90. The molecule has 0 N–H and O–H groups in total. The number of hydrogen-bond donors (Lipinski definition) is 0. The summed E-state index contributed by atoms with van der Waals surface area (Å²) >= 11 is 5.90. The van der Waals surface area contributed by atoms with Gasteiger partial charge in [-0.25, -0.2) is 4.98 Å². The van der Waals surface area contributed by atoms with E-state index in [0.29, 0.717) is 5.88 Å². The molecule has 4 heteroatoms. The lowest BCUT2D eigenvalue weighted by Gasteiger charge is -2.26. The molecule has 0 saturated heterocycles. The number of nitrogens with zero attached hydrogens (tertiary/aromatic N) is 2. The van der Waals surface area contributed by atoms with Crippen LogP contribution in [0.2, 0.25) is 0 Å². The van der Waals surface area contributed by atoms with E-state index in [-0.39, 0.29) is 0 Å². The Morgan fingerprint density at radius 3 is 2.89 bits per heavy atom. The molecule has 1 aromatic heterocycles. The van der Waals surface area contributed by atoms with Crippen LogP contribution in [-0.4, -0.2) is 22.5 Å². The smallest absolute Gasteiger partial charge is 0.121 e. The van der Waals surface area contributed by atoms with Crippen LogP contribution >= 0.6 is 11.6 Å². The van der Waals surface area contributed by atoms with E-state index in [0.717, 1.165) is 36.0 Å². The van der Waals surface area contributed by atoms with Gasteiger partial charge in [0.15, 0.2) is 0 Å². The Morgan fingerprint density at radius 2 is 2.26 bits per heavy atom. The largest absolute Gasteiger partial charge is 0.497 e. The molecule has 1 fully saturated rings. The van der Waals surface area contributed by atoms with E-state index in [1.54, 1.807) is 7.11 Å². The van der Waals surface area contributed by atoms with Crippen molar-refractivity contribution in [3.05, 3.63) is 24.0 Å². The minimum Gasteiger partial charge on any atom is -0.497 e. The van der Waals surface area contributed by atoms with Crippen molar-refractivity contribution >= 4 is 22.6 Å². The Labute approximate surface area is 118 Å². The minimum absolute atomic E-state index is 0.616. The van der Waals surface area contributed by atoms with Crippen molar-refractivity contribution in [3.8, 4) is 5.75 Å². The van der Waals surface area contributed by atoms with Crippen molar-refractivity contribution in [3.63, 3.8) is 0 Å². The quantitative estimate of drug-likeness (QED) is 0.781. The molecule has 0 radical (unpaired) electrons. The van der Waals surface area contributed by atoms with Gasteiger partial charge in [-0.1, -0.05) is 6.42 Å². The number of imidazole rings is 1. The van der Waals surface area contributed by atoms with Gasteiger partial charge in [-0.3, -0.25) is 0 Å². The summed E-state index contributed by atoms with van der Waals surface area (Å²) in [5, 5.41) is 0. The standard InChI is InChI=1S/C15H19ClN2O/c1-19-12-5-6-13-14(9-12)18(10-11-3-2-4-11)15(17-13)7-8-16/h5-6,9,11H,2-4,7-8,10H2,1H3. The second kappa shape index (κ2) is 5.41. The van der Waals surface area contributed by atoms with E-state index in [1.807, 2.05) is 12.1 Å². The fraction of sp³-hybridized carbons (Fsp3) is 0.533. The molecular weight excluding hydrogens is 260 g/mol. The highest BCUT2D eigenvalue weighted by atomic mass is 35.5. The molecule has 19 heavy (non-hydrogen) atoms. The van der Waals surface area contributed by atoms with Crippen LogP contribution in [0.3, 0.4) is 0 Å². The van der Waals surface area contributed by atoms with Crippen molar-refractivity contribution in [2.45, 2.75) is 32.2 Å². The van der Waals surface area contributed by atoms with Gasteiger partial charge in [0.2, 0.25) is 0 Å². The zero-order valence-electron chi connectivity index (χ0n) is 11.2. The SMILES string of the molecule is COc1ccc2nc(CCCl)n(CC3CCC3)c2c1. The van der Waals surface area contributed by atoms with Crippen LogP contribution in [0.1, 0.15) is 25.1 Å². The summed E-state index contributed by atoms with van der Waals surface area (Å²) in [5.41, 5.74) is 2.21. The zero-order valence-corrected chi connectivity index (χ0v) is 12.0. The van der Waals surface area contributed by atoms with Crippen molar-refractivity contribution in [1.82, 2.24) is 9.55 Å². The van der Waals surface area contributed by atoms with Crippen LogP contribution in [0.15, 0.2) is 18.2 Å². The third-order valence-corrected chi connectivity index (χ3v) is 4.21. The molecule has 1 aliphatic carbocycles. The number of hydrogen-bond acceptors (Lipinski definition) is 2. The van der Waals surface area contributed by atoms with Crippen LogP contribution < -0.4 is 4.74 Å². The van der Waals surface area contributed by atoms with Crippen LogP contribution in [0.25, 0.3) is 11.0 Å². The Kier molecular flexibility index (Phi) is 3.65. The molecule has 1 aliphatic rings. The third-order valence-electron chi connectivity index (χ3n) is 4.02. The Bertz CT molecular complexity index is 575. The Balaban J connectivity index is 2.03. The third kappa shape index (κ3) is 2.44. The molecule has 0 aliphatic heterocycles. The Morgan fingerprint density at radius 1 is 1.42 bits per heavy atom. The predicted octanol–water partition coefficient (Wildman–Crippen LogP) is 3.63. The number of ether oxygens (including phenoxy) is 1. The second-order valence-electron chi connectivity index (χ2n) is 5.23. The number of rotatable bonds is 5. The van der Waals surface area contributed by atoms with E-state index in [1.165, 1.54) is 24.8 Å². The van der Waals surface area contributed by atoms with Gasteiger partial charge in [0.25, 0.3) is 0 Å². The molecule has 1 aromatic carbocycles. The van der Waals surface area contributed by atoms with E-state index < -0.39 is 0 Å². The molecule has 0 unspecified atom stereocenters. The number of aryl methyl sites for hydroxylation is 1. The number of alkyl halides is 1. The first kappa shape index (κ1) is 12.8. The van der Waals surface area contributed by atoms with Crippen LogP contribution in [-0.2, 0) is 13.0 Å². The highest BCUT2D eigenvalue weighted by Gasteiger charge is 2.21. The van der Waals surface area contributed by atoms with Gasteiger partial charge in [0.05, 0.1) is 18.1 Å². The first-order chi connectivity index (χ1) is 9.31. The van der Waals surface area contributed by atoms with Crippen molar-refractivity contribution in [2.24, 2.45) is 5.92 Å². The van der Waals surface area contributed by atoms with Crippen molar-refractivity contribution in [1.29, 1.82) is 0 Å². The van der Waals surface area contributed by atoms with Gasteiger partial charge in [-0.15, -0.1) is 11.6 Å². The maximum Gasteiger partial charge on any atom is 0.121 e. The van der Waals surface area contributed by atoms with E-state index in [2.05, 4.69) is 10.6 Å². The summed E-state index contributed by atoms with van der Waals surface area (Å²) in [4.78, 5) is 4.71. The topological polar surface area (TPSA) is 27.1 Å². The first-order valence-electron chi connectivity index (χ1n) is 6.91. The molecular formula is C15H19ClN2O. The summed E-state index contributed by atoms with van der Waals surface area (Å²) in [5.74, 6) is 3.41. The zero-order chi connectivity index (χ0) is 13.2. The summed E-state index contributed by atoms with van der Waals surface area (Å²) in [6.45, 7) is 1.07. The number of fused-ring (bicyclic) bond motifs is 1. The summed E-state index contributed by atoms with van der Waals surface area (Å²) < 4.78 is 7.66. The van der Waals surface area contributed by atoms with Crippen molar-refractivity contribution in [2.75, 3.05) is 13.0 Å².